The van der Waals surface area contributed by atoms with Crippen molar-refractivity contribution in [2.24, 2.45) is 0 Å². The second-order valence-electron chi connectivity index (χ2n) is 9.95. The van der Waals surface area contributed by atoms with Crippen molar-refractivity contribution < 1.29 is 24.3 Å². The smallest absolute Gasteiger partial charge is 0.319 e. The van der Waals surface area contributed by atoms with E-state index in [0.717, 1.165) is 5.56 Å². The molecule has 38 heavy (non-hydrogen) atoms. The molecule has 3 aromatic rings. The average molecular weight is 514 g/mol. The standard InChI is InChI=1S/C28H27N5O5/c1-28(2,18-5-7-20(23(34)13-18)16-4-3-11-29-14-16)32-27(38)30-19-6-8-21-17(12-19)15-33(26(21)37)22-9-10-24(35)31-25(22)36/h3-8,11-14,22,34H,9-10,15H2,1-2H3,(H2,30,32,38)(H,31,35,36). The number of phenolic OH excluding ortho intramolecular Hbond substituents is 1. The van der Waals surface area contributed by atoms with Crippen LogP contribution in [0.15, 0.2) is 60.9 Å². The van der Waals surface area contributed by atoms with Crippen molar-refractivity contribution in [2.45, 2.75) is 44.8 Å². The number of piperidine rings is 1. The largest absolute Gasteiger partial charge is 0.507 e. The van der Waals surface area contributed by atoms with Gasteiger partial charge >= 0.3 is 6.03 Å². The average Bonchev–Trinajstić information content (AvgIpc) is 3.19. The van der Waals surface area contributed by atoms with Crippen molar-refractivity contribution in [1.29, 1.82) is 0 Å². The summed E-state index contributed by atoms with van der Waals surface area (Å²) < 4.78 is 0. The SMILES string of the molecule is CC(C)(NC(=O)Nc1ccc2c(c1)CN(C1CCC(=O)NC1=O)C2=O)c1ccc(-c2cccnc2)c(O)c1. The summed E-state index contributed by atoms with van der Waals surface area (Å²) >= 11 is 0. The minimum Gasteiger partial charge on any atom is -0.507 e. The van der Waals surface area contributed by atoms with Gasteiger partial charge in [-0.3, -0.25) is 24.7 Å². The number of nitrogens with one attached hydrogen (secondary N) is 3. The second kappa shape index (κ2) is 9.62. The topological polar surface area (TPSA) is 141 Å². The molecule has 1 atom stereocenters. The third kappa shape index (κ3) is 4.80. The number of hydrogen-bond acceptors (Lipinski definition) is 6. The Balaban J connectivity index is 1.26. The first-order valence-electron chi connectivity index (χ1n) is 12.2. The van der Waals surface area contributed by atoms with Crippen LogP contribution >= 0.6 is 0 Å². The summed E-state index contributed by atoms with van der Waals surface area (Å²) in [5, 5.41) is 18.6. The summed E-state index contributed by atoms with van der Waals surface area (Å²) in [4.78, 5) is 55.0. The molecule has 4 N–H and O–H groups in total. The molecular formula is C28H27N5O5. The van der Waals surface area contributed by atoms with E-state index in [-0.39, 0.29) is 37.0 Å². The Morgan fingerprint density at radius 1 is 1.11 bits per heavy atom. The number of benzene rings is 2. The maximum absolute atomic E-state index is 12.9. The molecule has 1 saturated heterocycles. The molecular weight excluding hydrogens is 486 g/mol. The van der Waals surface area contributed by atoms with Gasteiger partial charge in [0, 0.05) is 47.7 Å². The number of rotatable bonds is 5. The zero-order chi connectivity index (χ0) is 27.0. The molecule has 194 valence electrons. The Labute approximate surface area is 219 Å². The van der Waals surface area contributed by atoms with Crippen molar-refractivity contribution in [3.63, 3.8) is 0 Å². The number of carbonyl (C=O) groups excluding carboxylic acids is 4. The highest BCUT2D eigenvalue weighted by atomic mass is 16.3. The molecule has 1 fully saturated rings. The van der Waals surface area contributed by atoms with Crippen LogP contribution in [0.25, 0.3) is 11.1 Å². The van der Waals surface area contributed by atoms with Crippen molar-refractivity contribution >= 4 is 29.4 Å². The van der Waals surface area contributed by atoms with Crippen LogP contribution in [-0.2, 0) is 21.7 Å². The van der Waals surface area contributed by atoms with Gasteiger partial charge in [-0.2, -0.15) is 0 Å². The van der Waals surface area contributed by atoms with Crippen molar-refractivity contribution in [1.82, 2.24) is 20.5 Å². The maximum Gasteiger partial charge on any atom is 0.319 e. The van der Waals surface area contributed by atoms with E-state index in [1.165, 1.54) is 4.90 Å². The Morgan fingerprint density at radius 2 is 1.89 bits per heavy atom. The summed E-state index contributed by atoms with van der Waals surface area (Å²) in [5.74, 6) is -1.01. The van der Waals surface area contributed by atoms with Crippen LogP contribution < -0.4 is 16.0 Å². The fraction of sp³-hybridized carbons (Fsp3) is 0.250. The van der Waals surface area contributed by atoms with Crippen molar-refractivity contribution in [2.75, 3.05) is 5.32 Å². The fourth-order valence-corrected chi connectivity index (χ4v) is 4.86. The molecule has 0 saturated carbocycles. The highest BCUT2D eigenvalue weighted by molar-refractivity contribution is 6.05. The molecule has 3 heterocycles. The second-order valence-corrected chi connectivity index (χ2v) is 9.95. The van der Waals surface area contributed by atoms with Crippen molar-refractivity contribution in [3.8, 4) is 16.9 Å². The Bertz CT molecular complexity index is 1450. The Hall–Kier alpha value is -4.73. The van der Waals surface area contributed by atoms with E-state index in [2.05, 4.69) is 20.9 Å². The van der Waals surface area contributed by atoms with E-state index in [0.29, 0.717) is 27.9 Å². The molecule has 2 aliphatic heterocycles. The quantitative estimate of drug-likeness (QED) is 0.386. The zero-order valence-corrected chi connectivity index (χ0v) is 20.9. The van der Waals surface area contributed by atoms with E-state index in [1.54, 1.807) is 48.8 Å². The molecule has 1 aromatic heterocycles. The number of pyridine rings is 1. The number of nitrogens with zero attached hydrogens (tertiary/aromatic N) is 2. The molecule has 0 aliphatic carbocycles. The van der Waals surface area contributed by atoms with Gasteiger partial charge in [0.05, 0.1) is 5.54 Å². The van der Waals surface area contributed by atoms with Gasteiger partial charge in [-0.15, -0.1) is 0 Å². The molecule has 1 unspecified atom stereocenters. The molecule has 10 nitrogen and oxygen atoms in total. The van der Waals surface area contributed by atoms with Gasteiger partial charge in [0.25, 0.3) is 5.91 Å². The molecule has 5 amide bonds. The molecule has 0 bridgehead atoms. The number of amides is 5. The summed E-state index contributed by atoms with van der Waals surface area (Å²) in [7, 11) is 0. The molecule has 2 aromatic carbocycles. The third-order valence-corrected chi connectivity index (χ3v) is 6.90. The number of urea groups is 1. The summed E-state index contributed by atoms with van der Waals surface area (Å²) in [6.45, 7) is 3.86. The van der Waals surface area contributed by atoms with Gasteiger partial charge in [-0.1, -0.05) is 18.2 Å². The third-order valence-electron chi connectivity index (χ3n) is 6.90. The van der Waals surface area contributed by atoms with E-state index in [1.807, 2.05) is 26.0 Å². The monoisotopic (exact) mass is 513 g/mol. The number of aromatic nitrogens is 1. The van der Waals surface area contributed by atoms with Gasteiger partial charge in [-0.05, 0) is 61.7 Å². The van der Waals surface area contributed by atoms with Crippen LogP contribution in [0.3, 0.4) is 0 Å². The Morgan fingerprint density at radius 3 is 2.61 bits per heavy atom. The minimum atomic E-state index is -0.815. The molecule has 0 radical (unpaired) electrons. The highest BCUT2D eigenvalue weighted by Gasteiger charge is 2.39. The van der Waals surface area contributed by atoms with Crippen LogP contribution in [-0.4, -0.2) is 44.8 Å². The van der Waals surface area contributed by atoms with Crippen LogP contribution in [0.2, 0.25) is 0 Å². The summed E-state index contributed by atoms with van der Waals surface area (Å²) in [6.07, 6.45) is 3.79. The lowest BCUT2D eigenvalue weighted by atomic mass is 9.92. The molecule has 5 rings (SSSR count). The van der Waals surface area contributed by atoms with E-state index < -0.39 is 23.5 Å². The summed E-state index contributed by atoms with van der Waals surface area (Å²) in [6, 6.07) is 12.7. The normalized spacial score (nSPS) is 17.2. The number of hydrogen-bond donors (Lipinski definition) is 4. The van der Waals surface area contributed by atoms with Gasteiger partial charge < -0.3 is 20.6 Å². The molecule has 0 spiro atoms. The molecule has 10 heteroatoms. The summed E-state index contributed by atoms with van der Waals surface area (Å²) in [5.41, 5.74) is 2.96. The lowest BCUT2D eigenvalue weighted by Gasteiger charge is -2.29. The van der Waals surface area contributed by atoms with E-state index in [9.17, 15) is 24.3 Å². The van der Waals surface area contributed by atoms with E-state index in [4.69, 9.17) is 0 Å². The zero-order valence-electron chi connectivity index (χ0n) is 20.9. The maximum atomic E-state index is 12.9. The Kier molecular flexibility index (Phi) is 6.31. The first-order valence-corrected chi connectivity index (χ1v) is 12.2. The van der Waals surface area contributed by atoms with Gasteiger partial charge in [0.15, 0.2) is 0 Å². The first-order chi connectivity index (χ1) is 18.1. The molecule has 2 aliphatic rings. The first kappa shape index (κ1) is 24.9. The number of imide groups is 1. The lowest BCUT2D eigenvalue weighted by molar-refractivity contribution is -0.136. The van der Waals surface area contributed by atoms with Crippen LogP contribution in [0.1, 0.15) is 48.2 Å². The van der Waals surface area contributed by atoms with Gasteiger partial charge in [0.2, 0.25) is 11.8 Å². The van der Waals surface area contributed by atoms with Crippen LogP contribution in [0, 0.1) is 0 Å². The highest BCUT2D eigenvalue weighted by Crippen LogP contribution is 2.33. The van der Waals surface area contributed by atoms with Gasteiger partial charge in [0.1, 0.15) is 11.8 Å². The number of phenols is 1. The number of fused-ring (bicyclic) bond motifs is 1. The number of anilines is 1. The predicted octanol–water partition coefficient (Wildman–Crippen LogP) is 3.27. The van der Waals surface area contributed by atoms with Crippen LogP contribution in [0.5, 0.6) is 5.75 Å². The lowest BCUT2D eigenvalue weighted by Crippen LogP contribution is -2.52. The van der Waals surface area contributed by atoms with Gasteiger partial charge in [-0.25, -0.2) is 4.79 Å². The number of aromatic hydroxyl groups is 1. The number of carbonyl (C=O) groups is 4. The fourth-order valence-electron chi connectivity index (χ4n) is 4.86. The van der Waals surface area contributed by atoms with Crippen molar-refractivity contribution in [3.05, 3.63) is 77.6 Å². The minimum absolute atomic E-state index is 0.0784. The predicted molar refractivity (Wildman–Crippen MR) is 139 cm³/mol. The van der Waals surface area contributed by atoms with E-state index >= 15 is 0 Å². The van der Waals surface area contributed by atoms with Crippen LogP contribution in [0.4, 0.5) is 10.5 Å².